The third kappa shape index (κ3) is 3.57. The number of hydrogen-bond acceptors (Lipinski definition) is 5. The van der Waals surface area contributed by atoms with Gasteiger partial charge in [-0.3, -0.25) is 9.69 Å². The summed E-state index contributed by atoms with van der Waals surface area (Å²) in [6, 6.07) is 0.779. The average molecular weight is 382 g/mol. The van der Waals surface area contributed by atoms with E-state index in [0.717, 1.165) is 12.5 Å². The molecule has 0 bridgehead atoms. The number of rotatable bonds is 3. The second kappa shape index (κ2) is 7.58. The van der Waals surface area contributed by atoms with E-state index in [1.165, 1.54) is 43.9 Å². The van der Waals surface area contributed by atoms with Crippen LogP contribution in [0.25, 0.3) is 0 Å². The lowest BCUT2D eigenvalue weighted by Gasteiger charge is -2.37. The van der Waals surface area contributed by atoms with Gasteiger partial charge in [0.25, 0.3) is 0 Å². The Labute approximate surface area is 160 Å². The number of piperidine rings is 1. The topological polar surface area (TPSA) is 53.1 Å². The number of amides is 2. The van der Waals surface area contributed by atoms with E-state index in [0.29, 0.717) is 38.7 Å². The van der Waals surface area contributed by atoms with E-state index in [-0.39, 0.29) is 17.4 Å². The highest BCUT2D eigenvalue weighted by molar-refractivity contribution is 7.99. The first-order valence-corrected chi connectivity index (χ1v) is 11.3. The van der Waals surface area contributed by atoms with Crippen molar-refractivity contribution in [3.05, 3.63) is 0 Å². The zero-order valence-electron chi connectivity index (χ0n) is 15.8. The fourth-order valence-electron chi connectivity index (χ4n) is 4.94. The van der Waals surface area contributed by atoms with Gasteiger partial charge in [0.05, 0.1) is 6.61 Å². The minimum atomic E-state index is -0.250. The van der Waals surface area contributed by atoms with Crippen LogP contribution in [0.15, 0.2) is 0 Å². The lowest BCUT2D eigenvalue weighted by molar-refractivity contribution is -0.135. The van der Waals surface area contributed by atoms with E-state index in [1.54, 1.807) is 4.90 Å². The van der Waals surface area contributed by atoms with Crippen molar-refractivity contribution in [3.63, 3.8) is 0 Å². The molecule has 7 heteroatoms. The monoisotopic (exact) mass is 381 g/mol. The van der Waals surface area contributed by atoms with Crippen molar-refractivity contribution in [2.24, 2.45) is 11.3 Å². The second-order valence-corrected chi connectivity index (χ2v) is 9.33. The molecule has 4 fully saturated rings. The maximum absolute atomic E-state index is 12.9. The third-order valence-corrected chi connectivity index (χ3v) is 7.97. The van der Waals surface area contributed by atoms with Gasteiger partial charge in [0.1, 0.15) is 0 Å². The second-order valence-electron chi connectivity index (χ2n) is 8.18. The molecule has 6 nitrogen and oxygen atoms in total. The minimum Gasteiger partial charge on any atom is -0.450 e. The molecule has 2 unspecified atom stereocenters. The van der Waals surface area contributed by atoms with Crippen molar-refractivity contribution in [1.82, 2.24) is 14.7 Å². The molecule has 4 aliphatic rings. The molecule has 1 saturated carbocycles. The standard InChI is InChI=1S/C19H31N3O3S/c1-2-25-18(24)22-10-8-21(9-11-22)17(23)16-13-19(16)4-6-20(7-5-19)15-3-12-26-14-15/h15-16H,2-14H2,1H3. The first kappa shape index (κ1) is 18.4. The predicted octanol–water partition coefficient (Wildman–Crippen LogP) is 1.89. The van der Waals surface area contributed by atoms with Crippen LogP contribution in [0.3, 0.4) is 0 Å². The van der Waals surface area contributed by atoms with Gasteiger partial charge in [0.2, 0.25) is 5.91 Å². The van der Waals surface area contributed by atoms with Gasteiger partial charge >= 0.3 is 6.09 Å². The summed E-state index contributed by atoms with van der Waals surface area (Å²) >= 11 is 2.08. The quantitative estimate of drug-likeness (QED) is 0.747. The number of carbonyl (C=O) groups excluding carboxylic acids is 2. The van der Waals surface area contributed by atoms with E-state index >= 15 is 0 Å². The van der Waals surface area contributed by atoms with E-state index < -0.39 is 0 Å². The van der Waals surface area contributed by atoms with Gasteiger partial charge in [-0.25, -0.2) is 4.79 Å². The molecular weight excluding hydrogens is 350 g/mol. The number of likely N-dealkylation sites (tertiary alicyclic amines) is 1. The summed E-state index contributed by atoms with van der Waals surface area (Å²) in [5.74, 6) is 3.17. The van der Waals surface area contributed by atoms with Crippen LogP contribution in [0.2, 0.25) is 0 Å². The van der Waals surface area contributed by atoms with Crippen LogP contribution < -0.4 is 0 Å². The third-order valence-electron chi connectivity index (χ3n) is 6.82. The van der Waals surface area contributed by atoms with Crippen LogP contribution in [-0.2, 0) is 9.53 Å². The lowest BCUT2D eigenvalue weighted by Crippen LogP contribution is -2.51. The molecule has 4 rings (SSSR count). The molecule has 26 heavy (non-hydrogen) atoms. The number of ether oxygens (including phenoxy) is 1. The van der Waals surface area contributed by atoms with Crippen molar-refractivity contribution in [2.45, 2.75) is 38.6 Å². The Bertz CT molecular complexity index is 536. The Hall–Kier alpha value is -0.950. The van der Waals surface area contributed by atoms with E-state index in [1.807, 2.05) is 11.8 Å². The fraction of sp³-hybridized carbons (Fsp3) is 0.895. The maximum Gasteiger partial charge on any atom is 0.409 e. The Balaban J connectivity index is 1.24. The predicted molar refractivity (Wildman–Crippen MR) is 102 cm³/mol. The minimum absolute atomic E-state index is 0.233. The van der Waals surface area contributed by atoms with Gasteiger partial charge in [-0.1, -0.05) is 0 Å². The highest BCUT2D eigenvalue weighted by Crippen LogP contribution is 2.60. The van der Waals surface area contributed by atoms with Crippen molar-refractivity contribution >= 4 is 23.8 Å². The molecule has 146 valence electrons. The van der Waals surface area contributed by atoms with Crippen LogP contribution in [0.1, 0.15) is 32.6 Å². The summed E-state index contributed by atoms with van der Waals surface area (Å²) in [7, 11) is 0. The number of piperazine rings is 1. The molecule has 3 aliphatic heterocycles. The molecule has 0 radical (unpaired) electrons. The van der Waals surface area contributed by atoms with Crippen molar-refractivity contribution < 1.29 is 14.3 Å². The van der Waals surface area contributed by atoms with E-state index in [4.69, 9.17) is 4.74 Å². The maximum atomic E-state index is 12.9. The molecule has 1 spiro atoms. The highest BCUT2D eigenvalue weighted by Gasteiger charge is 2.59. The largest absolute Gasteiger partial charge is 0.450 e. The Morgan fingerprint density at radius 2 is 1.77 bits per heavy atom. The Morgan fingerprint density at radius 3 is 2.38 bits per heavy atom. The van der Waals surface area contributed by atoms with Crippen LogP contribution in [0.5, 0.6) is 0 Å². The lowest BCUT2D eigenvalue weighted by atomic mass is 9.89. The van der Waals surface area contributed by atoms with Crippen LogP contribution in [-0.4, -0.2) is 90.1 Å². The summed E-state index contributed by atoms with van der Waals surface area (Å²) in [5, 5.41) is 0. The van der Waals surface area contributed by atoms with Crippen LogP contribution in [0, 0.1) is 11.3 Å². The summed E-state index contributed by atoms with van der Waals surface area (Å²) in [5.41, 5.74) is 0.289. The summed E-state index contributed by atoms with van der Waals surface area (Å²) in [6.45, 7) is 7.05. The Morgan fingerprint density at radius 1 is 1.08 bits per heavy atom. The fourth-order valence-corrected chi connectivity index (χ4v) is 6.19. The van der Waals surface area contributed by atoms with Crippen molar-refractivity contribution in [1.29, 1.82) is 0 Å². The molecule has 2 amide bonds. The molecule has 0 aromatic carbocycles. The zero-order valence-corrected chi connectivity index (χ0v) is 16.6. The molecule has 1 aliphatic carbocycles. The van der Waals surface area contributed by atoms with Gasteiger partial charge in [-0.05, 0) is 56.9 Å². The number of thioether (sulfide) groups is 1. The molecule has 3 saturated heterocycles. The number of nitrogens with zero attached hydrogens (tertiary/aromatic N) is 3. The van der Waals surface area contributed by atoms with E-state index in [2.05, 4.69) is 16.7 Å². The summed E-state index contributed by atoms with van der Waals surface area (Å²) in [6.07, 6.45) is 4.54. The molecular formula is C19H31N3O3S. The van der Waals surface area contributed by atoms with E-state index in [9.17, 15) is 9.59 Å². The van der Waals surface area contributed by atoms with Crippen molar-refractivity contribution in [3.8, 4) is 0 Å². The van der Waals surface area contributed by atoms with Crippen molar-refractivity contribution in [2.75, 3.05) is 57.4 Å². The first-order valence-electron chi connectivity index (χ1n) is 10.2. The van der Waals surface area contributed by atoms with Gasteiger partial charge in [0.15, 0.2) is 0 Å². The molecule has 0 aromatic rings. The zero-order chi connectivity index (χ0) is 18.1. The normalized spacial score (nSPS) is 31.3. The molecule has 0 aromatic heterocycles. The smallest absolute Gasteiger partial charge is 0.409 e. The molecule has 2 atom stereocenters. The Kier molecular flexibility index (Phi) is 5.37. The van der Waals surface area contributed by atoms with Gasteiger partial charge in [-0.15, -0.1) is 0 Å². The van der Waals surface area contributed by atoms with Gasteiger partial charge < -0.3 is 14.5 Å². The SMILES string of the molecule is CCOC(=O)N1CCN(C(=O)C2CC23CCN(C2CCSC2)CC3)CC1. The number of carbonyl (C=O) groups is 2. The first-order chi connectivity index (χ1) is 12.6. The van der Waals surface area contributed by atoms with Gasteiger partial charge in [0, 0.05) is 43.9 Å². The van der Waals surface area contributed by atoms with Crippen LogP contribution in [0.4, 0.5) is 4.79 Å². The highest BCUT2D eigenvalue weighted by atomic mass is 32.2. The average Bonchev–Trinajstić information content (AvgIpc) is 3.09. The summed E-state index contributed by atoms with van der Waals surface area (Å²) < 4.78 is 5.06. The van der Waals surface area contributed by atoms with Gasteiger partial charge in [-0.2, -0.15) is 11.8 Å². The summed E-state index contributed by atoms with van der Waals surface area (Å²) in [4.78, 5) is 31.1. The van der Waals surface area contributed by atoms with Crippen LogP contribution >= 0.6 is 11.8 Å². The molecule has 3 heterocycles. The molecule has 0 N–H and O–H groups in total. The number of hydrogen-bond donors (Lipinski definition) is 0.